The molecule has 2 aromatic rings. The van der Waals surface area contributed by atoms with Gasteiger partial charge in [-0.15, -0.1) is 0 Å². The number of amidine groups is 1. The number of anilines is 1. The van der Waals surface area contributed by atoms with Gasteiger partial charge in [-0.3, -0.25) is 14.5 Å². The Labute approximate surface area is 221 Å². The Hall–Kier alpha value is -2.84. The highest BCUT2D eigenvalue weighted by Gasteiger charge is 2.35. The molecule has 1 saturated heterocycles. The second-order valence-electron chi connectivity index (χ2n) is 8.43. The van der Waals surface area contributed by atoms with Gasteiger partial charge in [0.25, 0.3) is 0 Å². The number of ether oxygens (including phenoxy) is 1. The molecule has 1 fully saturated rings. The third kappa shape index (κ3) is 8.10. The number of nitrogens with zero attached hydrogens (tertiary/aromatic N) is 2. The first kappa shape index (κ1) is 27.7. The fourth-order valence-electron chi connectivity index (χ4n) is 3.69. The van der Waals surface area contributed by atoms with Crippen molar-refractivity contribution in [2.75, 3.05) is 18.5 Å². The fraction of sp³-hybridized carbons (Fsp3) is 0.407. The second kappa shape index (κ2) is 14.0. The molecule has 1 aliphatic rings. The Bertz CT molecular complexity index is 1070. The Kier molecular flexibility index (Phi) is 10.8. The van der Waals surface area contributed by atoms with Crippen molar-refractivity contribution in [2.24, 2.45) is 4.99 Å². The van der Waals surface area contributed by atoms with Crippen LogP contribution in [-0.4, -0.2) is 46.3 Å². The highest BCUT2D eigenvalue weighted by molar-refractivity contribution is 8.15. The SMILES string of the molecule is CCCCCCCN1C(=O)CC(C(=O)Nc2ccc(Cl)cc2)SC1=Nc1ccc(C(=O)OCC)cc1. The van der Waals surface area contributed by atoms with Gasteiger partial charge in [0.15, 0.2) is 5.17 Å². The van der Waals surface area contributed by atoms with Gasteiger partial charge < -0.3 is 10.1 Å². The average Bonchev–Trinajstić information content (AvgIpc) is 2.87. The fourth-order valence-corrected chi connectivity index (χ4v) is 4.94. The van der Waals surface area contributed by atoms with Crippen LogP contribution >= 0.6 is 23.4 Å². The van der Waals surface area contributed by atoms with Gasteiger partial charge in [-0.25, -0.2) is 9.79 Å². The summed E-state index contributed by atoms with van der Waals surface area (Å²) in [5, 5.41) is 3.32. The van der Waals surface area contributed by atoms with Gasteiger partial charge in [0.05, 0.1) is 17.9 Å². The van der Waals surface area contributed by atoms with Gasteiger partial charge in [0.1, 0.15) is 5.25 Å². The molecule has 7 nitrogen and oxygen atoms in total. The summed E-state index contributed by atoms with van der Waals surface area (Å²) < 4.78 is 5.03. The van der Waals surface area contributed by atoms with Crippen molar-refractivity contribution in [3.8, 4) is 0 Å². The Morgan fingerprint density at radius 3 is 2.42 bits per heavy atom. The number of hydrogen-bond donors (Lipinski definition) is 1. The number of rotatable bonds is 11. The largest absolute Gasteiger partial charge is 0.462 e. The molecule has 2 amide bonds. The quantitative estimate of drug-likeness (QED) is 0.267. The van der Waals surface area contributed by atoms with Crippen molar-refractivity contribution in [3.63, 3.8) is 0 Å². The van der Waals surface area contributed by atoms with E-state index >= 15 is 0 Å². The monoisotopic (exact) mass is 529 g/mol. The van der Waals surface area contributed by atoms with Crippen LogP contribution in [0, 0.1) is 0 Å². The highest BCUT2D eigenvalue weighted by Crippen LogP contribution is 2.30. The third-order valence-electron chi connectivity index (χ3n) is 5.63. The van der Waals surface area contributed by atoms with E-state index in [9.17, 15) is 14.4 Å². The number of unbranched alkanes of at least 4 members (excludes halogenated alkanes) is 4. The predicted molar refractivity (Wildman–Crippen MR) is 146 cm³/mol. The van der Waals surface area contributed by atoms with Crippen molar-refractivity contribution >= 4 is 57.7 Å². The summed E-state index contributed by atoms with van der Waals surface area (Å²) in [6.07, 6.45) is 5.44. The summed E-state index contributed by atoms with van der Waals surface area (Å²) in [5.74, 6) is -0.780. The number of halogens is 1. The molecule has 1 unspecified atom stereocenters. The van der Waals surface area contributed by atoms with E-state index in [-0.39, 0.29) is 18.2 Å². The molecule has 192 valence electrons. The summed E-state index contributed by atoms with van der Waals surface area (Å²) >= 11 is 7.21. The number of hydrogen-bond acceptors (Lipinski definition) is 6. The molecule has 1 N–H and O–H groups in total. The topological polar surface area (TPSA) is 88.1 Å². The number of esters is 1. The molecule has 0 bridgehead atoms. The number of carbonyl (C=O) groups is 3. The zero-order valence-corrected chi connectivity index (χ0v) is 22.2. The molecule has 36 heavy (non-hydrogen) atoms. The summed E-state index contributed by atoms with van der Waals surface area (Å²) in [7, 11) is 0. The van der Waals surface area contributed by atoms with E-state index in [1.165, 1.54) is 18.2 Å². The molecule has 0 radical (unpaired) electrons. The molecule has 3 rings (SSSR count). The summed E-state index contributed by atoms with van der Waals surface area (Å²) in [5.41, 5.74) is 1.64. The lowest BCUT2D eigenvalue weighted by Gasteiger charge is -2.32. The van der Waals surface area contributed by atoms with E-state index in [2.05, 4.69) is 12.2 Å². The van der Waals surface area contributed by atoms with Crippen molar-refractivity contribution < 1.29 is 19.1 Å². The maximum atomic E-state index is 13.1. The van der Waals surface area contributed by atoms with Crippen LogP contribution in [0.3, 0.4) is 0 Å². The summed E-state index contributed by atoms with van der Waals surface area (Å²) in [4.78, 5) is 44.4. The molecular weight excluding hydrogens is 498 g/mol. The Morgan fingerprint density at radius 2 is 1.75 bits per heavy atom. The molecule has 1 heterocycles. The standard InChI is InChI=1S/C27H32ClN3O4S/c1-3-5-6-7-8-17-31-24(32)18-23(25(33)29-21-15-11-20(28)12-16-21)36-27(31)30-22-13-9-19(10-14-22)26(34)35-4-2/h9-16,23H,3-8,17-18H2,1-2H3,(H,29,33). The van der Waals surface area contributed by atoms with E-state index < -0.39 is 11.2 Å². The molecule has 0 saturated carbocycles. The van der Waals surface area contributed by atoms with E-state index in [0.717, 1.165) is 25.7 Å². The van der Waals surface area contributed by atoms with Gasteiger partial charge in [-0.2, -0.15) is 0 Å². The summed E-state index contributed by atoms with van der Waals surface area (Å²) in [6, 6.07) is 13.5. The number of nitrogens with one attached hydrogen (secondary N) is 1. The van der Waals surface area contributed by atoms with Crippen LogP contribution in [0.1, 0.15) is 62.7 Å². The number of benzene rings is 2. The lowest BCUT2D eigenvalue weighted by molar-refractivity contribution is -0.129. The molecule has 1 atom stereocenters. The maximum Gasteiger partial charge on any atom is 0.338 e. The molecule has 2 aromatic carbocycles. The van der Waals surface area contributed by atoms with Crippen molar-refractivity contribution in [3.05, 3.63) is 59.1 Å². The number of amides is 2. The molecule has 0 aliphatic carbocycles. The first-order valence-electron chi connectivity index (χ1n) is 12.3. The van der Waals surface area contributed by atoms with E-state index in [1.807, 2.05) is 0 Å². The normalized spacial score (nSPS) is 16.8. The van der Waals surface area contributed by atoms with Gasteiger partial charge >= 0.3 is 5.97 Å². The van der Waals surface area contributed by atoms with Crippen LogP contribution in [0.25, 0.3) is 0 Å². The lowest BCUT2D eigenvalue weighted by atomic mass is 10.1. The van der Waals surface area contributed by atoms with E-state index in [4.69, 9.17) is 21.3 Å². The van der Waals surface area contributed by atoms with Crippen molar-refractivity contribution in [2.45, 2.75) is 57.6 Å². The lowest BCUT2D eigenvalue weighted by Crippen LogP contribution is -2.45. The molecule has 0 spiro atoms. The van der Waals surface area contributed by atoms with E-state index in [1.54, 1.807) is 60.4 Å². The van der Waals surface area contributed by atoms with Gasteiger partial charge in [0.2, 0.25) is 11.8 Å². The van der Waals surface area contributed by atoms with E-state index in [0.29, 0.717) is 40.3 Å². The Morgan fingerprint density at radius 1 is 1.06 bits per heavy atom. The second-order valence-corrected chi connectivity index (χ2v) is 10.0. The zero-order valence-electron chi connectivity index (χ0n) is 20.7. The minimum absolute atomic E-state index is 0.0971. The van der Waals surface area contributed by atoms with Gasteiger partial charge in [0, 0.05) is 23.7 Å². The first-order chi connectivity index (χ1) is 17.4. The van der Waals surface area contributed by atoms with Crippen LogP contribution in [0.4, 0.5) is 11.4 Å². The molecular formula is C27H32ClN3O4S. The van der Waals surface area contributed by atoms with Gasteiger partial charge in [-0.1, -0.05) is 56.0 Å². The molecule has 1 aliphatic heterocycles. The average molecular weight is 530 g/mol. The van der Waals surface area contributed by atoms with Crippen LogP contribution in [-0.2, 0) is 14.3 Å². The molecule has 9 heteroatoms. The smallest absolute Gasteiger partial charge is 0.338 e. The van der Waals surface area contributed by atoms with Crippen LogP contribution in [0.2, 0.25) is 5.02 Å². The highest BCUT2D eigenvalue weighted by atomic mass is 35.5. The minimum atomic E-state index is -0.609. The minimum Gasteiger partial charge on any atom is -0.462 e. The third-order valence-corrected chi connectivity index (χ3v) is 7.07. The maximum absolute atomic E-state index is 13.1. The van der Waals surface area contributed by atoms with Gasteiger partial charge in [-0.05, 0) is 61.9 Å². The number of aliphatic imine (C=N–C) groups is 1. The molecule has 0 aromatic heterocycles. The first-order valence-corrected chi connectivity index (χ1v) is 13.6. The number of thioether (sulfide) groups is 1. The zero-order chi connectivity index (χ0) is 25.9. The van der Waals surface area contributed by atoms with Crippen LogP contribution in [0.5, 0.6) is 0 Å². The predicted octanol–water partition coefficient (Wildman–Crippen LogP) is 6.45. The summed E-state index contributed by atoms with van der Waals surface area (Å²) in [6.45, 7) is 4.78. The van der Waals surface area contributed by atoms with Crippen molar-refractivity contribution in [1.82, 2.24) is 4.90 Å². The number of carbonyl (C=O) groups excluding carboxylic acids is 3. The van der Waals surface area contributed by atoms with Crippen LogP contribution in [0.15, 0.2) is 53.5 Å². The Balaban J connectivity index is 1.77. The van der Waals surface area contributed by atoms with Crippen LogP contribution < -0.4 is 5.32 Å². The van der Waals surface area contributed by atoms with Crippen molar-refractivity contribution in [1.29, 1.82) is 0 Å².